The van der Waals surface area contributed by atoms with E-state index in [1.54, 1.807) is 10.8 Å². The predicted octanol–water partition coefficient (Wildman–Crippen LogP) is 2.89. The minimum Gasteiger partial charge on any atom is -0.378 e. The summed E-state index contributed by atoms with van der Waals surface area (Å²) in [5, 5.41) is 0.857. The SMILES string of the molecule is C=CCCn1cc(-c2cc(C(=O)N3CCOCC3)cc3c2N(C)CN3C)c2cc[nH]c2c1=O. The Morgan fingerprint density at radius 1 is 1.18 bits per heavy atom. The van der Waals surface area contributed by atoms with E-state index in [0.717, 1.165) is 34.6 Å². The summed E-state index contributed by atoms with van der Waals surface area (Å²) in [4.78, 5) is 35.7. The second-order valence-corrected chi connectivity index (χ2v) is 8.72. The first-order valence-corrected chi connectivity index (χ1v) is 11.3. The highest BCUT2D eigenvalue weighted by Gasteiger charge is 2.29. The van der Waals surface area contributed by atoms with Crippen molar-refractivity contribution >= 4 is 28.2 Å². The van der Waals surface area contributed by atoms with Crippen LogP contribution in [0, 0.1) is 0 Å². The second kappa shape index (κ2) is 8.44. The van der Waals surface area contributed by atoms with E-state index in [0.29, 0.717) is 50.3 Å². The molecule has 3 aromatic rings. The molecule has 8 nitrogen and oxygen atoms in total. The number of amides is 1. The van der Waals surface area contributed by atoms with Crippen molar-refractivity contribution in [1.29, 1.82) is 0 Å². The van der Waals surface area contributed by atoms with Crippen molar-refractivity contribution in [1.82, 2.24) is 14.5 Å². The maximum absolute atomic E-state index is 13.4. The van der Waals surface area contributed by atoms with Gasteiger partial charge in [-0.25, -0.2) is 0 Å². The number of pyridine rings is 1. The molecular formula is C25H29N5O3. The molecule has 2 aliphatic heterocycles. The van der Waals surface area contributed by atoms with Gasteiger partial charge in [0.15, 0.2) is 0 Å². The lowest BCUT2D eigenvalue weighted by Gasteiger charge is -2.27. The number of rotatable bonds is 5. The van der Waals surface area contributed by atoms with Crippen molar-refractivity contribution in [3.8, 4) is 11.1 Å². The van der Waals surface area contributed by atoms with E-state index in [2.05, 4.69) is 28.4 Å². The van der Waals surface area contributed by atoms with Gasteiger partial charge in [0.05, 0.1) is 31.3 Å². The summed E-state index contributed by atoms with van der Waals surface area (Å²) in [5.41, 5.74) is 5.14. The summed E-state index contributed by atoms with van der Waals surface area (Å²) >= 11 is 0. The first-order valence-electron chi connectivity index (χ1n) is 11.3. The monoisotopic (exact) mass is 447 g/mol. The zero-order valence-electron chi connectivity index (χ0n) is 19.1. The number of ether oxygens (including phenoxy) is 1. The fraction of sp³-hybridized carbons (Fsp3) is 0.360. The second-order valence-electron chi connectivity index (χ2n) is 8.72. The number of morpholine rings is 1. The number of aromatic nitrogens is 2. The van der Waals surface area contributed by atoms with E-state index in [1.165, 1.54) is 0 Å². The summed E-state index contributed by atoms with van der Waals surface area (Å²) in [6.45, 7) is 7.37. The third kappa shape index (κ3) is 3.60. The van der Waals surface area contributed by atoms with Gasteiger partial charge >= 0.3 is 0 Å². The number of H-pyrrole nitrogens is 1. The number of nitrogens with one attached hydrogen (secondary N) is 1. The van der Waals surface area contributed by atoms with E-state index < -0.39 is 0 Å². The molecule has 5 rings (SSSR count). The predicted molar refractivity (Wildman–Crippen MR) is 131 cm³/mol. The molecule has 2 aliphatic rings. The van der Waals surface area contributed by atoms with Crippen molar-refractivity contribution in [2.45, 2.75) is 13.0 Å². The number of allylic oxidation sites excluding steroid dienone is 1. The minimum atomic E-state index is -0.0525. The van der Waals surface area contributed by atoms with Crippen LogP contribution in [0.4, 0.5) is 11.4 Å². The van der Waals surface area contributed by atoms with Crippen molar-refractivity contribution in [2.24, 2.45) is 0 Å². The molecule has 0 aliphatic carbocycles. The van der Waals surface area contributed by atoms with Gasteiger partial charge in [-0.05, 0) is 24.6 Å². The molecule has 0 bridgehead atoms. The van der Waals surface area contributed by atoms with Crippen LogP contribution in [0.15, 0.2) is 48.0 Å². The van der Waals surface area contributed by atoms with E-state index >= 15 is 0 Å². The molecular weight excluding hydrogens is 418 g/mol. The van der Waals surface area contributed by atoms with Crippen LogP contribution >= 0.6 is 0 Å². The van der Waals surface area contributed by atoms with Crippen LogP contribution in [0.25, 0.3) is 22.0 Å². The number of hydrogen-bond acceptors (Lipinski definition) is 5. The Kier molecular flexibility index (Phi) is 5.46. The highest BCUT2D eigenvalue weighted by molar-refractivity contribution is 6.05. The molecule has 33 heavy (non-hydrogen) atoms. The van der Waals surface area contributed by atoms with E-state index in [9.17, 15) is 9.59 Å². The molecule has 2 aromatic heterocycles. The maximum atomic E-state index is 13.4. The Morgan fingerprint density at radius 2 is 1.97 bits per heavy atom. The van der Waals surface area contributed by atoms with Crippen LogP contribution in [-0.4, -0.2) is 67.4 Å². The Labute approximate surface area is 192 Å². The van der Waals surface area contributed by atoms with Crippen LogP contribution in [0.2, 0.25) is 0 Å². The molecule has 1 aromatic carbocycles. The molecule has 1 saturated heterocycles. The van der Waals surface area contributed by atoms with E-state index in [1.807, 2.05) is 42.4 Å². The third-order valence-electron chi connectivity index (χ3n) is 6.51. The Balaban J connectivity index is 1.72. The van der Waals surface area contributed by atoms with Gasteiger partial charge in [-0.2, -0.15) is 0 Å². The number of fused-ring (bicyclic) bond motifs is 2. The Bertz CT molecular complexity index is 1290. The first-order chi connectivity index (χ1) is 16.0. The summed E-state index contributed by atoms with van der Waals surface area (Å²) in [6.07, 6.45) is 6.23. The van der Waals surface area contributed by atoms with Crippen LogP contribution < -0.4 is 15.4 Å². The molecule has 1 N–H and O–H groups in total. The zero-order chi connectivity index (χ0) is 23.1. The number of anilines is 2. The van der Waals surface area contributed by atoms with Gasteiger partial charge in [0.25, 0.3) is 11.5 Å². The molecule has 0 saturated carbocycles. The fourth-order valence-corrected chi connectivity index (χ4v) is 4.86. The average Bonchev–Trinajstić information content (AvgIpc) is 3.43. The largest absolute Gasteiger partial charge is 0.378 e. The van der Waals surface area contributed by atoms with Crippen molar-refractivity contribution < 1.29 is 9.53 Å². The number of benzene rings is 1. The molecule has 1 fully saturated rings. The number of aromatic amines is 1. The van der Waals surface area contributed by atoms with Gasteiger partial charge in [0.1, 0.15) is 5.52 Å². The van der Waals surface area contributed by atoms with Gasteiger partial charge in [-0.15, -0.1) is 6.58 Å². The lowest BCUT2D eigenvalue weighted by Crippen LogP contribution is -2.40. The van der Waals surface area contributed by atoms with Crippen molar-refractivity contribution in [2.75, 3.05) is 56.9 Å². The van der Waals surface area contributed by atoms with E-state index in [-0.39, 0.29) is 11.5 Å². The molecule has 172 valence electrons. The maximum Gasteiger partial charge on any atom is 0.274 e. The van der Waals surface area contributed by atoms with E-state index in [4.69, 9.17) is 4.74 Å². The minimum absolute atomic E-state index is 0.00981. The Morgan fingerprint density at radius 3 is 2.73 bits per heavy atom. The van der Waals surface area contributed by atoms with Gasteiger partial charge in [-0.1, -0.05) is 6.08 Å². The van der Waals surface area contributed by atoms with Crippen molar-refractivity contribution in [3.63, 3.8) is 0 Å². The third-order valence-corrected chi connectivity index (χ3v) is 6.51. The molecule has 0 atom stereocenters. The van der Waals surface area contributed by atoms with Crippen LogP contribution in [-0.2, 0) is 11.3 Å². The number of carbonyl (C=O) groups excluding carboxylic acids is 1. The average molecular weight is 448 g/mol. The molecule has 0 spiro atoms. The van der Waals surface area contributed by atoms with Crippen LogP contribution in [0.3, 0.4) is 0 Å². The van der Waals surface area contributed by atoms with Gasteiger partial charge in [-0.3, -0.25) is 9.59 Å². The van der Waals surface area contributed by atoms with Crippen LogP contribution in [0.5, 0.6) is 0 Å². The fourth-order valence-electron chi connectivity index (χ4n) is 4.86. The topological polar surface area (TPSA) is 73.8 Å². The van der Waals surface area contributed by atoms with Crippen LogP contribution in [0.1, 0.15) is 16.8 Å². The number of carbonyl (C=O) groups is 1. The summed E-state index contributed by atoms with van der Waals surface area (Å²) in [6, 6.07) is 5.91. The zero-order valence-corrected chi connectivity index (χ0v) is 19.1. The van der Waals surface area contributed by atoms with Gasteiger partial charge in [0.2, 0.25) is 0 Å². The molecule has 0 radical (unpaired) electrons. The highest BCUT2D eigenvalue weighted by Crippen LogP contribution is 2.45. The molecule has 0 unspecified atom stereocenters. The Hall–Kier alpha value is -3.52. The summed E-state index contributed by atoms with van der Waals surface area (Å²) in [5.74, 6) is 0.00981. The normalized spacial score (nSPS) is 15.9. The quantitative estimate of drug-likeness (QED) is 0.609. The number of aryl methyl sites for hydroxylation is 1. The number of nitrogens with zero attached hydrogens (tertiary/aromatic N) is 4. The summed E-state index contributed by atoms with van der Waals surface area (Å²) < 4.78 is 7.16. The van der Waals surface area contributed by atoms with Gasteiger partial charge < -0.3 is 29.0 Å². The lowest BCUT2D eigenvalue weighted by molar-refractivity contribution is 0.0303. The highest BCUT2D eigenvalue weighted by atomic mass is 16.5. The number of hydrogen-bond donors (Lipinski definition) is 1. The molecule has 1 amide bonds. The molecule has 4 heterocycles. The lowest BCUT2D eigenvalue weighted by atomic mass is 9.97. The first kappa shape index (κ1) is 21.3. The van der Waals surface area contributed by atoms with Gasteiger partial charge in [0, 0.05) is 68.2 Å². The smallest absolute Gasteiger partial charge is 0.274 e. The van der Waals surface area contributed by atoms with Crippen molar-refractivity contribution in [3.05, 3.63) is 59.2 Å². The summed E-state index contributed by atoms with van der Waals surface area (Å²) in [7, 11) is 4.09. The molecule has 8 heteroatoms. The standard InChI is InChI=1S/C25H29N5O3/c1-4-5-8-30-15-20(18-6-7-26-22(18)25(30)32)19-13-17(24(31)29-9-11-33-12-10-29)14-21-23(19)28(3)16-27(21)2/h4,6-7,13-15,26H,1,5,8-12,16H2,2-3H3.